The number of nitrogens with zero attached hydrogens (tertiary/aromatic N) is 1. The highest BCUT2D eigenvalue weighted by molar-refractivity contribution is 14.1. The molecule has 0 bridgehead atoms. The average molecular weight is 295 g/mol. The van der Waals surface area contributed by atoms with E-state index in [4.69, 9.17) is 0 Å². The number of benzene rings is 1. The van der Waals surface area contributed by atoms with E-state index in [1.54, 1.807) is 0 Å². The molecule has 1 unspecified atom stereocenters. The molecule has 14 heavy (non-hydrogen) atoms. The van der Waals surface area contributed by atoms with Crippen LogP contribution in [0.5, 0.6) is 0 Å². The summed E-state index contributed by atoms with van der Waals surface area (Å²) in [7, 11) is 0. The van der Waals surface area contributed by atoms with Crippen LogP contribution in [-0.4, -0.2) is 4.57 Å². The van der Waals surface area contributed by atoms with Crippen LogP contribution in [0.3, 0.4) is 0 Å². The highest BCUT2D eigenvalue weighted by atomic mass is 127. The highest BCUT2D eigenvalue weighted by Gasteiger charge is 2.21. The van der Waals surface area contributed by atoms with Crippen LogP contribution in [0.1, 0.15) is 20.7 Å². The molecule has 1 nitrogen and oxygen atoms in total. The van der Waals surface area contributed by atoms with Crippen LogP contribution >= 0.6 is 22.6 Å². The molecule has 2 heterocycles. The summed E-state index contributed by atoms with van der Waals surface area (Å²) in [5, 5.41) is 0. The predicted octanol–water partition coefficient (Wildman–Crippen LogP) is 3.37. The molecule has 3 rings (SSSR count). The molecule has 1 aromatic carbocycles. The van der Waals surface area contributed by atoms with Gasteiger partial charge in [-0.1, -0.05) is 46.9 Å². The zero-order valence-corrected chi connectivity index (χ0v) is 9.81. The molecule has 2 heteroatoms. The maximum absolute atomic E-state index is 2.52. The molecule has 0 saturated heterocycles. The summed E-state index contributed by atoms with van der Waals surface area (Å²) in [4.78, 5) is 0. The monoisotopic (exact) mass is 295 g/mol. The second-order valence-electron chi connectivity index (χ2n) is 3.62. The summed E-state index contributed by atoms with van der Waals surface area (Å²) in [6.07, 6.45) is 2.16. The predicted molar refractivity (Wildman–Crippen MR) is 65.8 cm³/mol. The van der Waals surface area contributed by atoms with E-state index in [-0.39, 0.29) is 0 Å². The molecule has 1 aliphatic rings. The highest BCUT2D eigenvalue weighted by Crippen LogP contribution is 2.37. The molecule has 0 saturated carbocycles. The van der Waals surface area contributed by atoms with Gasteiger partial charge in [0.2, 0.25) is 0 Å². The fourth-order valence-corrected chi connectivity index (χ4v) is 3.24. The summed E-state index contributed by atoms with van der Waals surface area (Å²) in [5.74, 6) is 0. The third-order valence-corrected chi connectivity index (χ3v) is 4.10. The quantitative estimate of drug-likeness (QED) is 0.519. The average Bonchev–Trinajstić information content (AvgIpc) is 2.66. The van der Waals surface area contributed by atoms with Gasteiger partial charge >= 0.3 is 0 Å². The third kappa shape index (κ3) is 1.13. The van der Waals surface area contributed by atoms with Gasteiger partial charge in [0, 0.05) is 18.4 Å². The normalized spacial score (nSPS) is 18.8. The van der Waals surface area contributed by atoms with Gasteiger partial charge in [0.25, 0.3) is 0 Å². The summed E-state index contributed by atoms with van der Waals surface area (Å²) in [6.45, 7) is 1.03. The number of hydrogen-bond acceptors (Lipinski definition) is 0. The van der Waals surface area contributed by atoms with Crippen molar-refractivity contribution in [2.24, 2.45) is 0 Å². The van der Waals surface area contributed by atoms with E-state index in [1.807, 2.05) is 0 Å². The van der Waals surface area contributed by atoms with E-state index in [0.29, 0.717) is 3.92 Å². The molecule has 1 atom stereocenters. The lowest BCUT2D eigenvalue weighted by Gasteiger charge is -2.23. The molecule has 0 fully saturated rings. The van der Waals surface area contributed by atoms with Gasteiger partial charge < -0.3 is 4.57 Å². The van der Waals surface area contributed by atoms with Crippen molar-refractivity contribution in [3.8, 4) is 0 Å². The molecular weight excluding hydrogens is 285 g/mol. The van der Waals surface area contributed by atoms with Gasteiger partial charge in [-0.05, 0) is 23.3 Å². The van der Waals surface area contributed by atoms with E-state index in [2.05, 4.69) is 69.8 Å². The van der Waals surface area contributed by atoms with Crippen LogP contribution < -0.4 is 0 Å². The zero-order chi connectivity index (χ0) is 9.54. The van der Waals surface area contributed by atoms with Crippen LogP contribution in [-0.2, 0) is 6.54 Å². The summed E-state index contributed by atoms with van der Waals surface area (Å²) in [6, 6.07) is 13.1. The van der Waals surface area contributed by atoms with E-state index in [0.717, 1.165) is 6.54 Å². The molecule has 0 N–H and O–H groups in total. The van der Waals surface area contributed by atoms with Gasteiger partial charge in [0.1, 0.15) is 0 Å². The maximum Gasteiger partial charge on any atom is 0.0764 e. The Balaban J connectivity index is 2.20. The minimum absolute atomic E-state index is 0.507. The van der Waals surface area contributed by atoms with Gasteiger partial charge in [-0.25, -0.2) is 0 Å². The first-order valence-electron chi connectivity index (χ1n) is 4.73. The van der Waals surface area contributed by atoms with Crippen molar-refractivity contribution < 1.29 is 0 Å². The number of aromatic nitrogens is 1. The molecule has 0 spiro atoms. The van der Waals surface area contributed by atoms with E-state index >= 15 is 0 Å². The van der Waals surface area contributed by atoms with Crippen molar-refractivity contribution in [3.05, 3.63) is 59.4 Å². The van der Waals surface area contributed by atoms with Crippen molar-refractivity contribution in [1.29, 1.82) is 0 Å². The molecule has 70 valence electrons. The smallest absolute Gasteiger partial charge is 0.0764 e. The minimum Gasteiger partial charge on any atom is -0.346 e. The first-order chi connectivity index (χ1) is 6.86. The van der Waals surface area contributed by atoms with Crippen molar-refractivity contribution in [2.45, 2.75) is 10.5 Å². The number of fused-ring (bicyclic) bond motifs is 2. The Hall–Kier alpha value is -0.770. The SMILES string of the molecule is IC1c2ccccc2Cn2cccc21. The van der Waals surface area contributed by atoms with Gasteiger partial charge in [0.05, 0.1) is 3.92 Å². The lowest BCUT2D eigenvalue weighted by Crippen LogP contribution is -2.14. The van der Waals surface area contributed by atoms with Gasteiger partial charge in [-0.3, -0.25) is 0 Å². The Bertz CT molecular complexity index is 473. The van der Waals surface area contributed by atoms with Crippen LogP contribution in [0.15, 0.2) is 42.6 Å². The number of rotatable bonds is 0. The Labute approximate surface area is 96.9 Å². The van der Waals surface area contributed by atoms with Gasteiger partial charge in [0.15, 0.2) is 0 Å². The standard InChI is InChI=1S/C12H10IN/c13-12-10-5-2-1-4-9(10)8-14-7-3-6-11(12)14/h1-7,12H,8H2. The minimum atomic E-state index is 0.507. The van der Waals surface area contributed by atoms with Crippen molar-refractivity contribution in [2.75, 3.05) is 0 Å². The van der Waals surface area contributed by atoms with E-state index in [1.165, 1.54) is 16.8 Å². The molecule has 1 aliphatic heterocycles. The van der Waals surface area contributed by atoms with Gasteiger partial charge in [-0.2, -0.15) is 0 Å². The fourth-order valence-electron chi connectivity index (χ4n) is 2.07. The lowest BCUT2D eigenvalue weighted by molar-refractivity contribution is 0.720. The first-order valence-corrected chi connectivity index (χ1v) is 5.98. The molecule has 0 aliphatic carbocycles. The van der Waals surface area contributed by atoms with E-state index in [9.17, 15) is 0 Å². The fraction of sp³-hybridized carbons (Fsp3) is 0.167. The molecule has 0 amide bonds. The Morgan fingerprint density at radius 1 is 1.14 bits per heavy atom. The molecule has 1 aromatic heterocycles. The topological polar surface area (TPSA) is 4.93 Å². The van der Waals surface area contributed by atoms with Crippen molar-refractivity contribution in [3.63, 3.8) is 0 Å². The van der Waals surface area contributed by atoms with Crippen molar-refractivity contribution >= 4 is 22.6 Å². The molecular formula is C12H10IN. The molecule has 0 radical (unpaired) electrons. The third-order valence-electron chi connectivity index (χ3n) is 2.79. The van der Waals surface area contributed by atoms with E-state index < -0.39 is 0 Å². The Morgan fingerprint density at radius 2 is 2.00 bits per heavy atom. The summed E-state index contributed by atoms with van der Waals surface area (Å²) in [5.41, 5.74) is 4.35. The van der Waals surface area contributed by atoms with Crippen LogP contribution in [0.25, 0.3) is 0 Å². The Morgan fingerprint density at radius 3 is 2.93 bits per heavy atom. The van der Waals surface area contributed by atoms with Crippen LogP contribution in [0.2, 0.25) is 0 Å². The summed E-state index contributed by atoms with van der Waals surface area (Å²) >= 11 is 2.52. The van der Waals surface area contributed by atoms with Crippen LogP contribution in [0, 0.1) is 0 Å². The molecule has 2 aromatic rings. The zero-order valence-electron chi connectivity index (χ0n) is 7.65. The number of halogens is 1. The maximum atomic E-state index is 2.52. The second-order valence-corrected chi connectivity index (χ2v) is 4.87. The van der Waals surface area contributed by atoms with Crippen LogP contribution in [0.4, 0.5) is 0 Å². The largest absolute Gasteiger partial charge is 0.346 e. The Kier molecular flexibility index (Phi) is 1.90. The summed E-state index contributed by atoms with van der Waals surface area (Å²) < 4.78 is 2.84. The first kappa shape index (κ1) is 8.53. The number of alkyl halides is 1. The number of hydrogen-bond donors (Lipinski definition) is 0. The lowest BCUT2D eigenvalue weighted by atomic mass is 10.00. The van der Waals surface area contributed by atoms with Crippen molar-refractivity contribution in [1.82, 2.24) is 4.57 Å². The van der Waals surface area contributed by atoms with Gasteiger partial charge in [-0.15, -0.1) is 0 Å². The second kappa shape index (κ2) is 3.12.